The minimum Gasteiger partial charge on any atom is -0.368 e. The molecule has 1 amide bonds. The molecule has 3 nitrogen and oxygen atoms in total. The second kappa shape index (κ2) is 3.80. The number of nitrogens with two attached hydrogens (primary N) is 2. The number of hydrogen-bond donors (Lipinski definition) is 2. The molecule has 76 valence electrons. The first-order chi connectivity index (χ1) is 6.43. The molecule has 1 atom stereocenters. The van der Waals surface area contributed by atoms with Crippen LogP contribution in [0.5, 0.6) is 0 Å². The average Bonchev–Trinajstić information content (AvgIpc) is 2.01. The van der Waals surface area contributed by atoms with Crippen molar-refractivity contribution in [2.45, 2.75) is 26.8 Å². The van der Waals surface area contributed by atoms with Gasteiger partial charge in [-0.05, 0) is 37.5 Å². The van der Waals surface area contributed by atoms with E-state index in [1.807, 2.05) is 32.9 Å². The van der Waals surface area contributed by atoms with Crippen LogP contribution >= 0.6 is 0 Å². The number of amides is 1. The van der Waals surface area contributed by atoms with E-state index < -0.39 is 11.9 Å². The molecule has 0 aliphatic carbocycles. The third-order valence-corrected chi connectivity index (χ3v) is 2.36. The van der Waals surface area contributed by atoms with Crippen molar-refractivity contribution < 1.29 is 4.79 Å². The smallest absolute Gasteiger partial charge is 0.238 e. The quantitative estimate of drug-likeness (QED) is 0.736. The molecule has 0 aliphatic rings. The van der Waals surface area contributed by atoms with Gasteiger partial charge in [0.15, 0.2) is 0 Å². The summed E-state index contributed by atoms with van der Waals surface area (Å²) in [6.07, 6.45) is 0. The molecule has 0 saturated carbocycles. The molecule has 14 heavy (non-hydrogen) atoms. The number of aryl methyl sites for hydroxylation is 3. The summed E-state index contributed by atoms with van der Waals surface area (Å²) in [6, 6.07) is 3.31. The fourth-order valence-electron chi connectivity index (χ4n) is 1.82. The molecular weight excluding hydrogens is 176 g/mol. The highest BCUT2D eigenvalue weighted by Crippen LogP contribution is 2.21. The predicted molar refractivity (Wildman–Crippen MR) is 56.8 cm³/mol. The third-order valence-electron chi connectivity index (χ3n) is 2.36. The summed E-state index contributed by atoms with van der Waals surface area (Å²) >= 11 is 0. The Morgan fingerprint density at radius 1 is 1.21 bits per heavy atom. The van der Waals surface area contributed by atoms with Gasteiger partial charge < -0.3 is 11.5 Å². The predicted octanol–water partition coefficient (Wildman–Crippen LogP) is 1.10. The van der Waals surface area contributed by atoms with Crippen molar-refractivity contribution in [2.24, 2.45) is 11.5 Å². The van der Waals surface area contributed by atoms with E-state index in [-0.39, 0.29) is 0 Å². The number of carbonyl (C=O) groups excluding carboxylic acids is 1. The molecule has 0 bridgehead atoms. The van der Waals surface area contributed by atoms with Crippen LogP contribution in [-0.2, 0) is 4.79 Å². The van der Waals surface area contributed by atoms with Gasteiger partial charge in [0, 0.05) is 0 Å². The van der Waals surface area contributed by atoms with Crippen LogP contribution in [-0.4, -0.2) is 5.91 Å². The molecule has 0 spiro atoms. The first-order valence-electron chi connectivity index (χ1n) is 4.56. The SMILES string of the molecule is Cc1cc(C)c(C(N)C(N)=O)c(C)c1. The van der Waals surface area contributed by atoms with E-state index in [2.05, 4.69) is 0 Å². The van der Waals surface area contributed by atoms with Crippen molar-refractivity contribution in [1.82, 2.24) is 0 Å². The van der Waals surface area contributed by atoms with E-state index in [4.69, 9.17) is 11.5 Å². The van der Waals surface area contributed by atoms with E-state index in [0.29, 0.717) is 0 Å². The Morgan fingerprint density at radius 3 is 2.00 bits per heavy atom. The minimum atomic E-state index is -0.699. The topological polar surface area (TPSA) is 69.1 Å². The Balaban J connectivity index is 3.27. The molecule has 1 aromatic carbocycles. The highest BCUT2D eigenvalue weighted by Gasteiger charge is 2.16. The van der Waals surface area contributed by atoms with E-state index >= 15 is 0 Å². The van der Waals surface area contributed by atoms with Gasteiger partial charge in [-0.1, -0.05) is 17.7 Å². The van der Waals surface area contributed by atoms with Gasteiger partial charge in [-0.2, -0.15) is 0 Å². The van der Waals surface area contributed by atoms with Gasteiger partial charge in [0.05, 0.1) is 0 Å². The van der Waals surface area contributed by atoms with Crippen molar-refractivity contribution in [1.29, 1.82) is 0 Å². The molecule has 0 heterocycles. The lowest BCUT2D eigenvalue weighted by Crippen LogP contribution is -2.29. The number of hydrogen-bond acceptors (Lipinski definition) is 2. The first-order valence-corrected chi connectivity index (χ1v) is 4.56. The Labute approximate surface area is 84.1 Å². The van der Waals surface area contributed by atoms with Crippen LogP contribution in [0.2, 0.25) is 0 Å². The summed E-state index contributed by atoms with van der Waals surface area (Å²) in [7, 11) is 0. The van der Waals surface area contributed by atoms with Gasteiger partial charge in [0.1, 0.15) is 6.04 Å². The second-order valence-corrected chi connectivity index (χ2v) is 3.69. The normalized spacial score (nSPS) is 12.6. The molecule has 0 aromatic heterocycles. The van der Waals surface area contributed by atoms with Gasteiger partial charge in [-0.15, -0.1) is 0 Å². The summed E-state index contributed by atoms with van der Waals surface area (Å²) in [4.78, 5) is 11.0. The van der Waals surface area contributed by atoms with Crippen LogP contribution in [0.3, 0.4) is 0 Å². The summed E-state index contributed by atoms with van der Waals surface area (Å²) in [5.74, 6) is -0.486. The van der Waals surface area contributed by atoms with Crippen molar-refractivity contribution in [2.75, 3.05) is 0 Å². The lowest BCUT2D eigenvalue weighted by molar-refractivity contribution is -0.119. The number of benzene rings is 1. The fraction of sp³-hybridized carbons (Fsp3) is 0.364. The van der Waals surface area contributed by atoms with Crippen LogP contribution in [0.1, 0.15) is 28.3 Å². The Hall–Kier alpha value is -1.35. The zero-order chi connectivity index (χ0) is 10.9. The van der Waals surface area contributed by atoms with Crippen LogP contribution in [0, 0.1) is 20.8 Å². The summed E-state index contributed by atoms with van der Waals surface area (Å²) < 4.78 is 0. The second-order valence-electron chi connectivity index (χ2n) is 3.69. The zero-order valence-corrected chi connectivity index (χ0v) is 8.79. The summed E-state index contributed by atoms with van der Waals surface area (Å²) in [5.41, 5.74) is 15.0. The van der Waals surface area contributed by atoms with Crippen molar-refractivity contribution >= 4 is 5.91 Å². The fourth-order valence-corrected chi connectivity index (χ4v) is 1.82. The first kappa shape index (κ1) is 10.7. The van der Waals surface area contributed by atoms with E-state index in [1.165, 1.54) is 5.56 Å². The van der Waals surface area contributed by atoms with Crippen LogP contribution in [0.15, 0.2) is 12.1 Å². The summed E-state index contributed by atoms with van der Waals surface area (Å²) in [5, 5.41) is 0. The Morgan fingerprint density at radius 2 is 1.64 bits per heavy atom. The molecule has 1 aromatic rings. The van der Waals surface area contributed by atoms with Crippen molar-refractivity contribution in [3.8, 4) is 0 Å². The maximum Gasteiger partial charge on any atom is 0.238 e. The largest absolute Gasteiger partial charge is 0.368 e. The molecule has 3 heteroatoms. The van der Waals surface area contributed by atoms with Crippen LogP contribution < -0.4 is 11.5 Å². The average molecular weight is 192 g/mol. The van der Waals surface area contributed by atoms with Gasteiger partial charge in [0.2, 0.25) is 5.91 Å². The molecular formula is C11H16N2O. The number of rotatable bonds is 2. The maximum atomic E-state index is 11.0. The van der Waals surface area contributed by atoms with Crippen molar-refractivity contribution in [3.63, 3.8) is 0 Å². The Bertz CT molecular complexity index is 349. The number of carbonyl (C=O) groups is 1. The lowest BCUT2D eigenvalue weighted by Gasteiger charge is -2.15. The maximum absolute atomic E-state index is 11.0. The molecule has 0 radical (unpaired) electrons. The molecule has 0 aliphatic heterocycles. The number of primary amides is 1. The van der Waals surface area contributed by atoms with Gasteiger partial charge in [-0.3, -0.25) is 4.79 Å². The van der Waals surface area contributed by atoms with E-state index in [9.17, 15) is 4.79 Å². The van der Waals surface area contributed by atoms with Gasteiger partial charge in [0.25, 0.3) is 0 Å². The lowest BCUT2D eigenvalue weighted by atomic mass is 9.94. The van der Waals surface area contributed by atoms with E-state index in [0.717, 1.165) is 16.7 Å². The molecule has 1 rings (SSSR count). The highest BCUT2D eigenvalue weighted by atomic mass is 16.1. The zero-order valence-electron chi connectivity index (χ0n) is 8.79. The van der Waals surface area contributed by atoms with Crippen LogP contribution in [0.25, 0.3) is 0 Å². The van der Waals surface area contributed by atoms with Crippen LogP contribution in [0.4, 0.5) is 0 Å². The third kappa shape index (κ3) is 1.93. The molecule has 4 N–H and O–H groups in total. The van der Waals surface area contributed by atoms with Crippen molar-refractivity contribution in [3.05, 3.63) is 34.4 Å². The van der Waals surface area contributed by atoms with Gasteiger partial charge >= 0.3 is 0 Å². The molecule has 1 unspecified atom stereocenters. The molecule has 0 fully saturated rings. The van der Waals surface area contributed by atoms with Gasteiger partial charge in [-0.25, -0.2) is 0 Å². The highest BCUT2D eigenvalue weighted by molar-refractivity contribution is 5.82. The minimum absolute atomic E-state index is 0.486. The standard InChI is InChI=1S/C11H16N2O/c1-6-4-7(2)9(8(3)5-6)10(12)11(13)14/h4-5,10H,12H2,1-3H3,(H2,13,14). The van der Waals surface area contributed by atoms with E-state index in [1.54, 1.807) is 0 Å². The summed E-state index contributed by atoms with van der Waals surface area (Å²) in [6.45, 7) is 5.90. The molecule has 0 saturated heterocycles. The monoisotopic (exact) mass is 192 g/mol. The Kier molecular flexibility index (Phi) is 2.91.